The molecular formula is C11H7F4N. The van der Waals surface area contributed by atoms with Crippen LogP contribution < -0.4 is 0 Å². The maximum absolute atomic E-state index is 13.1. The average molecular weight is 229 g/mol. The van der Waals surface area contributed by atoms with Gasteiger partial charge in [-0.2, -0.15) is 13.2 Å². The summed E-state index contributed by atoms with van der Waals surface area (Å²) in [6.45, 7) is 1.43. The van der Waals surface area contributed by atoms with Gasteiger partial charge < -0.3 is 0 Å². The maximum Gasteiger partial charge on any atom is 0.416 e. The molecule has 0 aliphatic carbocycles. The Bertz CT molecular complexity index is 545. The number of halogens is 4. The van der Waals surface area contributed by atoms with Gasteiger partial charge in [0, 0.05) is 5.39 Å². The summed E-state index contributed by atoms with van der Waals surface area (Å²) in [4.78, 5) is 3.72. The van der Waals surface area contributed by atoms with Crippen molar-refractivity contribution in [2.24, 2.45) is 0 Å². The Kier molecular flexibility index (Phi) is 2.33. The normalized spacial score (nSPS) is 12.1. The van der Waals surface area contributed by atoms with E-state index in [0.29, 0.717) is 5.52 Å². The summed E-state index contributed by atoms with van der Waals surface area (Å²) in [6, 6.07) is 3.10. The molecule has 1 nitrogen and oxygen atoms in total. The fourth-order valence-corrected chi connectivity index (χ4v) is 1.48. The third-order valence-corrected chi connectivity index (χ3v) is 2.40. The van der Waals surface area contributed by atoms with Crippen molar-refractivity contribution in [3.63, 3.8) is 0 Å². The van der Waals surface area contributed by atoms with Crippen LogP contribution in [0.25, 0.3) is 10.9 Å². The topological polar surface area (TPSA) is 12.9 Å². The summed E-state index contributed by atoms with van der Waals surface area (Å²) in [5.41, 5.74) is -0.265. The van der Waals surface area contributed by atoms with Crippen molar-refractivity contribution >= 4 is 10.9 Å². The molecule has 0 amide bonds. The quantitative estimate of drug-likeness (QED) is 0.627. The smallest absolute Gasteiger partial charge is 0.253 e. The molecule has 0 N–H and O–H groups in total. The van der Waals surface area contributed by atoms with Gasteiger partial charge in [0.1, 0.15) is 5.82 Å². The molecule has 16 heavy (non-hydrogen) atoms. The van der Waals surface area contributed by atoms with Crippen molar-refractivity contribution in [1.82, 2.24) is 4.98 Å². The zero-order valence-corrected chi connectivity index (χ0v) is 8.27. The highest BCUT2D eigenvalue weighted by molar-refractivity contribution is 5.82. The lowest BCUT2D eigenvalue weighted by molar-refractivity contribution is -0.137. The first-order valence-corrected chi connectivity index (χ1v) is 4.51. The van der Waals surface area contributed by atoms with Crippen molar-refractivity contribution in [3.05, 3.63) is 41.3 Å². The van der Waals surface area contributed by atoms with Crippen LogP contribution in [-0.2, 0) is 6.18 Å². The number of pyridine rings is 1. The van der Waals surface area contributed by atoms with Crippen LogP contribution in [0.5, 0.6) is 0 Å². The largest absolute Gasteiger partial charge is 0.416 e. The Morgan fingerprint density at radius 1 is 1.19 bits per heavy atom. The Morgan fingerprint density at radius 3 is 2.50 bits per heavy atom. The second-order valence-corrected chi connectivity index (χ2v) is 3.46. The standard InChI is InChI=1S/C11H7F4N/c1-6-8-4-7(11(13,14)15)2-3-10(8)16-5-9(6)12/h2-5H,1H3. The molecule has 0 saturated heterocycles. The third-order valence-electron chi connectivity index (χ3n) is 2.40. The van der Waals surface area contributed by atoms with Crippen molar-refractivity contribution in [2.75, 3.05) is 0 Å². The van der Waals surface area contributed by atoms with Crippen LogP contribution in [0, 0.1) is 12.7 Å². The van der Waals surface area contributed by atoms with Crippen LogP contribution in [0.1, 0.15) is 11.1 Å². The predicted octanol–water partition coefficient (Wildman–Crippen LogP) is 3.70. The third kappa shape index (κ3) is 1.73. The van der Waals surface area contributed by atoms with E-state index in [4.69, 9.17) is 0 Å². The highest BCUT2D eigenvalue weighted by Crippen LogP contribution is 2.32. The van der Waals surface area contributed by atoms with E-state index in [1.165, 1.54) is 13.0 Å². The van der Waals surface area contributed by atoms with E-state index in [1.54, 1.807) is 0 Å². The monoisotopic (exact) mass is 229 g/mol. The minimum absolute atomic E-state index is 0.177. The fraction of sp³-hybridized carbons (Fsp3) is 0.182. The van der Waals surface area contributed by atoms with Gasteiger partial charge in [-0.1, -0.05) is 0 Å². The SMILES string of the molecule is Cc1c(F)cnc2ccc(C(F)(F)F)cc12. The van der Waals surface area contributed by atoms with E-state index in [-0.39, 0.29) is 10.9 Å². The highest BCUT2D eigenvalue weighted by atomic mass is 19.4. The van der Waals surface area contributed by atoms with Gasteiger partial charge in [-0.15, -0.1) is 0 Å². The molecule has 84 valence electrons. The first-order valence-electron chi connectivity index (χ1n) is 4.51. The minimum atomic E-state index is -4.42. The van der Waals surface area contributed by atoms with Crippen LogP contribution in [0.2, 0.25) is 0 Å². The number of aryl methyl sites for hydroxylation is 1. The summed E-state index contributed by atoms with van der Waals surface area (Å²) >= 11 is 0. The van der Waals surface area contributed by atoms with Crippen molar-refractivity contribution < 1.29 is 17.6 Å². The van der Waals surface area contributed by atoms with Crippen molar-refractivity contribution in [2.45, 2.75) is 13.1 Å². The van der Waals surface area contributed by atoms with Gasteiger partial charge in [0.25, 0.3) is 0 Å². The minimum Gasteiger partial charge on any atom is -0.253 e. The van der Waals surface area contributed by atoms with Gasteiger partial charge in [-0.05, 0) is 30.7 Å². The lowest BCUT2D eigenvalue weighted by Gasteiger charge is -2.08. The molecule has 0 unspecified atom stereocenters. The van der Waals surface area contributed by atoms with Crippen LogP contribution in [0.15, 0.2) is 24.4 Å². The Morgan fingerprint density at radius 2 is 1.88 bits per heavy atom. The highest BCUT2D eigenvalue weighted by Gasteiger charge is 2.30. The molecule has 1 aromatic heterocycles. The van der Waals surface area contributed by atoms with Gasteiger partial charge >= 0.3 is 6.18 Å². The molecule has 1 aromatic carbocycles. The molecule has 2 aromatic rings. The number of hydrogen-bond donors (Lipinski definition) is 0. The van der Waals surface area contributed by atoms with E-state index in [9.17, 15) is 17.6 Å². The summed E-state index contributed by atoms with van der Waals surface area (Å²) < 4.78 is 50.4. The first-order chi connectivity index (χ1) is 7.39. The van der Waals surface area contributed by atoms with Crippen LogP contribution >= 0.6 is 0 Å². The summed E-state index contributed by atoms with van der Waals surface area (Å²) in [7, 11) is 0. The number of alkyl halides is 3. The molecule has 0 aliphatic heterocycles. The fourth-order valence-electron chi connectivity index (χ4n) is 1.48. The number of hydrogen-bond acceptors (Lipinski definition) is 1. The van der Waals surface area contributed by atoms with Gasteiger partial charge in [-0.25, -0.2) is 4.39 Å². The molecule has 5 heteroatoms. The summed E-state index contributed by atoms with van der Waals surface area (Å²) in [5, 5.41) is 0.190. The summed E-state index contributed by atoms with van der Waals surface area (Å²) in [6.07, 6.45) is -3.42. The van der Waals surface area contributed by atoms with Crippen molar-refractivity contribution in [1.29, 1.82) is 0 Å². The average Bonchev–Trinajstić information content (AvgIpc) is 2.22. The molecule has 0 radical (unpaired) electrons. The van der Waals surface area contributed by atoms with Crippen LogP contribution in [-0.4, -0.2) is 4.98 Å². The Balaban J connectivity index is 2.74. The second kappa shape index (κ2) is 3.43. The molecule has 0 saturated carbocycles. The van der Waals surface area contributed by atoms with Gasteiger partial charge in [0.05, 0.1) is 17.3 Å². The van der Waals surface area contributed by atoms with Crippen LogP contribution in [0.4, 0.5) is 17.6 Å². The molecule has 1 heterocycles. The van der Waals surface area contributed by atoms with Crippen molar-refractivity contribution in [3.8, 4) is 0 Å². The summed E-state index contributed by atoms with van der Waals surface area (Å²) in [5.74, 6) is -0.605. The van der Waals surface area contributed by atoms with E-state index >= 15 is 0 Å². The predicted molar refractivity (Wildman–Crippen MR) is 51.4 cm³/mol. The van der Waals surface area contributed by atoms with E-state index in [2.05, 4.69) is 4.98 Å². The zero-order valence-electron chi connectivity index (χ0n) is 8.27. The Labute approximate surface area is 88.7 Å². The first kappa shape index (κ1) is 10.9. The Hall–Kier alpha value is -1.65. The van der Waals surface area contributed by atoms with Crippen LogP contribution in [0.3, 0.4) is 0 Å². The molecule has 0 aliphatic rings. The van der Waals surface area contributed by atoms with E-state index in [1.807, 2.05) is 0 Å². The number of benzene rings is 1. The van der Waals surface area contributed by atoms with E-state index < -0.39 is 17.6 Å². The van der Waals surface area contributed by atoms with E-state index in [0.717, 1.165) is 18.3 Å². The lowest BCUT2D eigenvalue weighted by atomic mass is 10.1. The van der Waals surface area contributed by atoms with Gasteiger partial charge in [0.15, 0.2) is 0 Å². The number of aromatic nitrogens is 1. The molecule has 0 bridgehead atoms. The maximum atomic E-state index is 13.1. The molecule has 0 spiro atoms. The second-order valence-electron chi connectivity index (χ2n) is 3.46. The van der Waals surface area contributed by atoms with Gasteiger partial charge in [0.2, 0.25) is 0 Å². The number of rotatable bonds is 0. The molecule has 0 fully saturated rings. The van der Waals surface area contributed by atoms with Gasteiger partial charge in [-0.3, -0.25) is 4.98 Å². The molecule has 2 rings (SSSR count). The molecular weight excluding hydrogens is 222 g/mol. The zero-order chi connectivity index (χ0) is 11.9. The molecule has 0 atom stereocenters. The lowest BCUT2D eigenvalue weighted by Crippen LogP contribution is -2.04. The number of nitrogens with zero attached hydrogens (tertiary/aromatic N) is 1. The number of fused-ring (bicyclic) bond motifs is 1.